The predicted molar refractivity (Wildman–Crippen MR) is 90.2 cm³/mol. The van der Waals surface area contributed by atoms with Gasteiger partial charge in [-0.3, -0.25) is 4.79 Å². The maximum absolute atomic E-state index is 13.0. The van der Waals surface area contributed by atoms with Crippen molar-refractivity contribution in [1.82, 2.24) is 0 Å². The molecule has 144 valence electrons. The minimum atomic E-state index is -5.89. The molecule has 3 rings (SSSR count). The highest BCUT2D eigenvalue weighted by Gasteiger charge is 2.51. The molecule has 0 aromatic heterocycles. The summed E-state index contributed by atoms with van der Waals surface area (Å²) in [5.41, 5.74) is -5.84. The Hall–Kier alpha value is -0.990. The summed E-state index contributed by atoms with van der Waals surface area (Å²) in [5.74, 6) is -0.798. The van der Waals surface area contributed by atoms with Crippen LogP contribution in [-0.4, -0.2) is 19.7 Å². The van der Waals surface area contributed by atoms with Crippen LogP contribution in [0.5, 0.6) is 5.75 Å². The van der Waals surface area contributed by atoms with Crippen LogP contribution in [-0.2, 0) is 16.5 Å². The van der Waals surface area contributed by atoms with Crippen molar-refractivity contribution in [3.8, 4) is 5.75 Å². The van der Waals surface area contributed by atoms with Gasteiger partial charge < -0.3 is 4.18 Å². The molecule has 1 aromatic rings. The Morgan fingerprint density at radius 3 is 2.31 bits per heavy atom. The molecule has 1 atom stereocenters. The average Bonchev–Trinajstić information content (AvgIpc) is 3.12. The van der Waals surface area contributed by atoms with Gasteiger partial charge in [-0.1, -0.05) is 43.0 Å². The molecule has 10 heteroatoms. The SMILES string of the molecule is CC1(C2CCCC2)Cc2cc(OS(=O)(=O)C(F)(F)F)c(Cl)c(Cl)c2C1=O. The lowest BCUT2D eigenvalue weighted by Gasteiger charge is -2.29. The molecule has 1 aromatic carbocycles. The Labute approximate surface area is 158 Å². The quantitative estimate of drug-likeness (QED) is 0.490. The standard InChI is InChI=1S/C16H15Cl2F3O4S/c1-15(9-4-2-3-5-9)7-8-6-10(25-26(23,24)16(19,20)21)12(17)13(18)11(8)14(15)22/h6,9H,2-5,7H2,1H3. The Balaban J connectivity index is 2.04. The lowest BCUT2D eigenvalue weighted by atomic mass is 9.73. The van der Waals surface area contributed by atoms with Crippen molar-refractivity contribution in [2.24, 2.45) is 11.3 Å². The second-order valence-electron chi connectivity index (χ2n) is 6.92. The summed E-state index contributed by atoms with van der Waals surface area (Å²) in [6.07, 6.45) is 4.04. The van der Waals surface area contributed by atoms with Crippen molar-refractivity contribution in [2.45, 2.75) is 44.5 Å². The first kappa shape index (κ1) is 19.8. The molecule has 0 spiro atoms. The minimum absolute atomic E-state index is 0.139. The number of ketones is 1. The van der Waals surface area contributed by atoms with Crippen LogP contribution in [0.2, 0.25) is 10.0 Å². The van der Waals surface area contributed by atoms with E-state index in [1.54, 1.807) is 0 Å². The average molecular weight is 431 g/mol. The van der Waals surface area contributed by atoms with Gasteiger partial charge in [0.1, 0.15) is 5.02 Å². The number of Topliss-reactive ketones (excluding diaryl/α,β-unsaturated/α-hetero) is 1. The second-order valence-corrected chi connectivity index (χ2v) is 9.22. The first-order valence-electron chi connectivity index (χ1n) is 7.95. The molecule has 2 aliphatic rings. The summed E-state index contributed by atoms with van der Waals surface area (Å²) < 4.78 is 64.4. The van der Waals surface area contributed by atoms with Gasteiger partial charge >= 0.3 is 15.6 Å². The minimum Gasteiger partial charge on any atom is -0.374 e. The van der Waals surface area contributed by atoms with E-state index in [1.165, 1.54) is 0 Å². The highest BCUT2D eigenvalue weighted by molar-refractivity contribution is 7.88. The molecule has 0 radical (unpaired) electrons. The summed E-state index contributed by atoms with van der Waals surface area (Å²) in [5, 5.41) is -0.800. The van der Waals surface area contributed by atoms with Gasteiger partial charge in [0.25, 0.3) is 0 Å². The molecule has 0 heterocycles. The van der Waals surface area contributed by atoms with E-state index in [2.05, 4.69) is 4.18 Å². The molecule has 0 aliphatic heterocycles. The number of hydrogen-bond acceptors (Lipinski definition) is 4. The zero-order valence-corrected chi connectivity index (χ0v) is 15.9. The molecule has 0 amide bonds. The topological polar surface area (TPSA) is 60.4 Å². The largest absolute Gasteiger partial charge is 0.534 e. The molecule has 1 saturated carbocycles. The van der Waals surface area contributed by atoms with Crippen molar-refractivity contribution in [1.29, 1.82) is 0 Å². The number of hydrogen-bond donors (Lipinski definition) is 0. The van der Waals surface area contributed by atoms with Crippen molar-refractivity contribution in [2.75, 3.05) is 0 Å². The third-order valence-corrected chi connectivity index (χ3v) is 7.11. The van der Waals surface area contributed by atoms with E-state index in [4.69, 9.17) is 23.2 Å². The fraction of sp³-hybridized carbons (Fsp3) is 0.562. The zero-order valence-electron chi connectivity index (χ0n) is 13.6. The van der Waals surface area contributed by atoms with Gasteiger partial charge in [0.2, 0.25) is 0 Å². The fourth-order valence-electron chi connectivity index (χ4n) is 3.92. The maximum Gasteiger partial charge on any atom is 0.534 e. The number of fused-ring (bicyclic) bond motifs is 1. The number of benzene rings is 1. The van der Waals surface area contributed by atoms with Gasteiger partial charge in [0.05, 0.1) is 5.02 Å². The number of carbonyl (C=O) groups is 1. The molecule has 0 saturated heterocycles. The highest BCUT2D eigenvalue weighted by Crippen LogP contribution is 2.52. The van der Waals surface area contributed by atoms with Gasteiger partial charge in [-0.15, -0.1) is 0 Å². The summed E-state index contributed by atoms with van der Waals surface area (Å²) in [7, 11) is -5.89. The molecular weight excluding hydrogens is 416 g/mol. The lowest BCUT2D eigenvalue weighted by molar-refractivity contribution is -0.0500. The van der Waals surface area contributed by atoms with Crippen molar-refractivity contribution >= 4 is 39.1 Å². The fourth-order valence-corrected chi connectivity index (χ4v) is 4.91. The molecule has 26 heavy (non-hydrogen) atoms. The van der Waals surface area contributed by atoms with E-state index in [1.807, 2.05) is 6.92 Å². The number of alkyl halides is 3. The van der Waals surface area contributed by atoms with E-state index in [0.717, 1.165) is 31.7 Å². The van der Waals surface area contributed by atoms with Crippen LogP contribution in [0.15, 0.2) is 6.07 Å². The monoisotopic (exact) mass is 430 g/mol. The molecule has 1 fully saturated rings. The van der Waals surface area contributed by atoms with Crippen LogP contribution in [0, 0.1) is 11.3 Å². The summed E-state index contributed by atoms with van der Waals surface area (Å²) >= 11 is 12.0. The van der Waals surface area contributed by atoms with Gasteiger partial charge in [-0.05, 0) is 36.8 Å². The lowest BCUT2D eigenvalue weighted by Crippen LogP contribution is -2.32. The van der Waals surface area contributed by atoms with Crippen LogP contribution < -0.4 is 4.18 Å². The molecule has 1 unspecified atom stereocenters. The third-order valence-electron chi connectivity index (χ3n) is 5.30. The number of carbonyl (C=O) groups excluding carboxylic acids is 1. The highest BCUT2D eigenvalue weighted by atomic mass is 35.5. The van der Waals surface area contributed by atoms with Gasteiger partial charge in [0.15, 0.2) is 11.5 Å². The Kier molecular flexibility index (Phi) is 4.77. The van der Waals surface area contributed by atoms with Gasteiger partial charge in [-0.25, -0.2) is 0 Å². The molecular formula is C16H15Cl2F3O4S. The second kappa shape index (κ2) is 6.27. The van der Waals surface area contributed by atoms with E-state index >= 15 is 0 Å². The smallest absolute Gasteiger partial charge is 0.374 e. The van der Waals surface area contributed by atoms with Gasteiger partial charge in [-0.2, -0.15) is 21.6 Å². The van der Waals surface area contributed by atoms with Crippen LogP contribution >= 0.6 is 23.2 Å². The Bertz CT molecular complexity index is 876. The van der Waals surface area contributed by atoms with E-state index < -0.39 is 31.8 Å². The number of rotatable bonds is 3. The van der Waals surface area contributed by atoms with Crippen molar-refractivity contribution in [3.63, 3.8) is 0 Å². The van der Waals surface area contributed by atoms with Crippen molar-refractivity contribution < 1.29 is 30.6 Å². The molecule has 4 nitrogen and oxygen atoms in total. The normalized spacial score (nSPS) is 24.2. The van der Waals surface area contributed by atoms with Crippen LogP contribution in [0.1, 0.15) is 48.5 Å². The van der Waals surface area contributed by atoms with Crippen LogP contribution in [0.25, 0.3) is 0 Å². The van der Waals surface area contributed by atoms with Crippen molar-refractivity contribution in [3.05, 3.63) is 27.2 Å². The van der Waals surface area contributed by atoms with E-state index in [-0.39, 0.29) is 28.7 Å². The van der Waals surface area contributed by atoms with E-state index in [9.17, 15) is 26.4 Å². The third kappa shape index (κ3) is 2.99. The molecule has 2 aliphatic carbocycles. The first-order valence-corrected chi connectivity index (χ1v) is 10.1. The van der Waals surface area contributed by atoms with E-state index in [0.29, 0.717) is 5.56 Å². The maximum atomic E-state index is 13.0. The van der Waals surface area contributed by atoms with Crippen LogP contribution in [0.3, 0.4) is 0 Å². The summed E-state index contributed by atoms with van der Waals surface area (Å²) in [4.78, 5) is 13.0. The molecule has 0 bridgehead atoms. The summed E-state index contributed by atoms with van der Waals surface area (Å²) in [6, 6.07) is 1.07. The summed E-state index contributed by atoms with van der Waals surface area (Å²) in [6.45, 7) is 1.81. The van der Waals surface area contributed by atoms with Gasteiger partial charge in [0, 0.05) is 11.0 Å². The first-order chi connectivity index (χ1) is 11.9. The Morgan fingerprint density at radius 1 is 1.19 bits per heavy atom. The Morgan fingerprint density at radius 2 is 1.77 bits per heavy atom. The number of halogens is 5. The van der Waals surface area contributed by atoms with Crippen LogP contribution in [0.4, 0.5) is 13.2 Å². The molecule has 0 N–H and O–H groups in total. The zero-order chi connectivity index (χ0) is 19.5. The predicted octanol–water partition coefficient (Wildman–Crippen LogP) is 5.16.